The maximum absolute atomic E-state index is 12.2. The van der Waals surface area contributed by atoms with E-state index in [1.54, 1.807) is 18.9 Å². The molecule has 0 bridgehead atoms. The second kappa shape index (κ2) is 7.74. The average Bonchev–Trinajstić information content (AvgIpc) is 2.38. The number of nitrogens with zero attached hydrogens (tertiary/aromatic N) is 1. The van der Waals surface area contributed by atoms with E-state index in [-0.39, 0.29) is 23.9 Å². The van der Waals surface area contributed by atoms with Gasteiger partial charge in [-0.1, -0.05) is 15.9 Å². The zero-order valence-corrected chi connectivity index (χ0v) is 15.3. The van der Waals surface area contributed by atoms with Crippen LogP contribution in [0.3, 0.4) is 0 Å². The van der Waals surface area contributed by atoms with Crippen LogP contribution in [0, 0.1) is 0 Å². The van der Waals surface area contributed by atoms with Gasteiger partial charge in [0.2, 0.25) is 11.8 Å². The van der Waals surface area contributed by atoms with E-state index >= 15 is 0 Å². The summed E-state index contributed by atoms with van der Waals surface area (Å²) in [6.45, 7) is 7.72. The van der Waals surface area contributed by atoms with E-state index in [9.17, 15) is 9.59 Å². The van der Waals surface area contributed by atoms with Gasteiger partial charge in [-0.15, -0.1) is 0 Å². The Kier molecular flexibility index (Phi) is 6.56. The van der Waals surface area contributed by atoms with Gasteiger partial charge in [-0.05, 0) is 59.0 Å². The lowest BCUT2D eigenvalue weighted by molar-refractivity contribution is -0.125. The van der Waals surface area contributed by atoms with Crippen LogP contribution in [0.1, 0.15) is 27.7 Å². The summed E-state index contributed by atoms with van der Waals surface area (Å²) in [5.74, 6) is -0.244. The molecular weight excluding hydrogens is 346 g/mol. The first-order valence-electron chi connectivity index (χ1n) is 7.16. The van der Waals surface area contributed by atoms with E-state index in [1.807, 2.05) is 45.0 Å². The molecule has 1 atom stereocenters. The second-order valence-electron chi connectivity index (χ2n) is 6.39. The maximum Gasteiger partial charge on any atom is 0.241 e. The molecule has 0 heterocycles. The zero-order chi connectivity index (χ0) is 16.9. The first-order chi connectivity index (χ1) is 10.1. The van der Waals surface area contributed by atoms with Crippen molar-refractivity contribution in [2.45, 2.75) is 39.3 Å². The van der Waals surface area contributed by atoms with Crippen molar-refractivity contribution in [1.82, 2.24) is 10.2 Å². The lowest BCUT2D eigenvalue weighted by Gasteiger charge is -2.26. The molecule has 0 saturated carbocycles. The molecule has 122 valence electrons. The number of anilines is 1. The summed E-state index contributed by atoms with van der Waals surface area (Å²) < 4.78 is 0.953. The number of carbonyl (C=O) groups is 2. The van der Waals surface area contributed by atoms with Crippen molar-refractivity contribution in [3.63, 3.8) is 0 Å². The van der Waals surface area contributed by atoms with Gasteiger partial charge in [0, 0.05) is 15.7 Å². The molecule has 0 aliphatic rings. The summed E-state index contributed by atoms with van der Waals surface area (Å²) in [7, 11) is 1.76. The molecule has 22 heavy (non-hydrogen) atoms. The maximum atomic E-state index is 12.2. The molecule has 0 spiro atoms. The standard InChI is InChI=1S/C16H24BrN3O2/c1-11(20(5)10-14(21)19-16(2,3)4)15(22)18-13-8-6-12(17)7-9-13/h6-9,11H,10H2,1-5H3,(H,18,22)(H,19,21)/t11-/m1/s1. The first kappa shape index (κ1) is 18.6. The Balaban J connectivity index is 2.54. The van der Waals surface area contributed by atoms with Crippen molar-refractivity contribution in [3.05, 3.63) is 28.7 Å². The van der Waals surface area contributed by atoms with Gasteiger partial charge in [-0.3, -0.25) is 14.5 Å². The number of halogens is 1. The summed E-state index contributed by atoms with van der Waals surface area (Å²) in [5, 5.41) is 5.72. The van der Waals surface area contributed by atoms with Gasteiger partial charge < -0.3 is 10.6 Å². The summed E-state index contributed by atoms with van der Waals surface area (Å²) in [6, 6.07) is 6.96. The van der Waals surface area contributed by atoms with Crippen molar-refractivity contribution in [3.8, 4) is 0 Å². The van der Waals surface area contributed by atoms with Crippen molar-refractivity contribution in [2.75, 3.05) is 18.9 Å². The monoisotopic (exact) mass is 369 g/mol. The van der Waals surface area contributed by atoms with E-state index in [0.717, 1.165) is 10.2 Å². The van der Waals surface area contributed by atoms with Crippen molar-refractivity contribution < 1.29 is 9.59 Å². The topological polar surface area (TPSA) is 61.4 Å². The lowest BCUT2D eigenvalue weighted by Crippen LogP contribution is -2.49. The van der Waals surface area contributed by atoms with Gasteiger partial charge >= 0.3 is 0 Å². The first-order valence-corrected chi connectivity index (χ1v) is 7.95. The molecule has 5 nitrogen and oxygen atoms in total. The molecule has 0 aliphatic heterocycles. The predicted molar refractivity (Wildman–Crippen MR) is 92.8 cm³/mol. The number of carbonyl (C=O) groups excluding carboxylic acids is 2. The Morgan fingerprint density at radius 1 is 1.23 bits per heavy atom. The van der Waals surface area contributed by atoms with Gasteiger partial charge in [0.1, 0.15) is 0 Å². The molecule has 1 aromatic rings. The molecule has 2 amide bonds. The molecule has 1 aromatic carbocycles. The minimum absolute atomic E-state index is 0.0988. The van der Waals surface area contributed by atoms with Crippen molar-refractivity contribution in [2.24, 2.45) is 0 Å². The van der Waals surface area contributed by atoms with Gasteiger partial charge in [0.05, 0.1) is 12.6 Å². The summed E-state index contributed by atoms with van der Waals surface area (Å²) in [6.07, 6.45) is 0. The number of amides is 2. The smallest absolute Gasteiger partial charge is 0.241 e. The molecule has 0 saturated heterocycles. The third kappa shape index (κ3) is 6.58. The van der Waals surface area contributed by atoms with Crippen molar-refractivity contribution in [1.29, 1.82) is 0 Å². The van der Waals surface area contributed by atoms with Crippen LogP contribution in [0.5, 0.6) is 0 Å². The fraction of sp³-hybridized carbons (Fsp3) is 0.500. The van der Waals surface area contributed by atoms with Crippen LogP contribution in [0.2, 0.25) is 0 Å². The fourth-order valence-corrected chi connectivity index (χ4v) is 2.07. The molecule has 2 N–H and O–H groups in total. The number of benzene rings is 1. The Bertz CT molecular complexity index is 523. The second-order valence-corrected chi connectivity index (χ2v) is 7.30. The Morgan fingerprint density at radius 3 is 2.27 bits per heavy atom. The van der Waals surface area contributed by atoms with Crippen LogP contribution < -0.4 is 10.6 Å². The highest BCUT2D eigenvalue weighted by atomic mass is 79.9. The van der Waals surface area contributed by atoms with Gasteiger partial charge in [-0.2, -0.15) is 0 Å². The SMILES string of the molecule is C[C@H](C(=O)Nc1ccc(Br)cc1)N(C)CC(=O)NC(C)(C)C. The predicted octanol–water partition coefficient (Wildman–Crippen LogP) is 2.62. The third-order valence-corrected chi connectivity index (χ3v) is 3.59. The highest BCUT2D eigenvalue weighted by Crippen LogP contribution is 2.14. The molecule has 0 fully saturated rings. The van der Waals surface area contributed by atoms with E-state index in [2.05, 4.69) is 26.6 Å². The average molecular weight is 370 g/mol. The quantitative estimate of drug-likeness (QED) is 0.838. The number of hydrogen-bond donors (Lipinski definition) is 2. The Labute approximate surface area is 140 Å². The largest absolute Gasteiger partial charge is 0.350 e. The van der Waals surface area contributed by atoms with Gasteiger partial charge in [-0.25, -0.2) is 0 Å². The lowest BCUT2D eigenvalue weighted by atomic mass is 10.1. The van der Waals surface area contributed by atoms with Gasteiger partial charge in [0.25, 0.3) is 0 Å². The molecule has 6 heteroatoms. The summed E-state index contributed by atoms with van der Waals surface area (Å²) in [4.78, 5) is 25.8. The van der Waals surface area contributed by atoms with E-state index in [4.69, 9.17) is 0 Å². The van der Waals surface area contributed by atoms with E-state index in [1.165, 1.54) is 0 Å². The van der Waals surface area contributed by atoms with Crippen LogP contribution in [0.25, 0.3) is 0 Å². The van der Waals surface area contributed by atoms with E-state index < -0.39 is 6.04 Å². The molecule has 1 rings (SSSR count). The van der Waals surface area contributed by atoms with Gasteiger partial charge in [0.15, 0.2) is 0 Å². The number of rotatable bonds is 5. The van der Waals surface area contributed by atoms with Crippen molar-refractivity contribution >= 4 is 33.4 Å². The normalized spacial score (nSPS) is 12.9. The van der Waals surface area contributed by atoms with E-state index in [0.29, 0.717) is 0 Å². The number of nitrogens with one attached hydrogen (secondary N) is 2. The molecule has 0 radical (unpaired) electrons. The summed E-state index contributed by atoms with van der Waals surface area (Å²) in [5.41, 5.74) is 0.452. The fourth-order valence-electron chi connectivity index (χ4n) is 1.80. The number of hydrogen-bond acceptors (Lipinski definition) is 3. The Hall–Kier alpha value is -1.40. The number of likely N-dealkylation sites (N-methyl/N-ethyl adjacent to an activating group) is 1. The minimum atomic E-state index is -0.408. The minimum Gasteiger partial charge on any atom is -0.350 e. The molecule has 0 aliphatic carbocycles. The van der Waals surface area contributed by atoms with Crippen LogP contribution in [-0.2, 0) is 9.59 Å². The molecular formula is C16H24BrN3O2. The van der Waals surface area contributed by atoms with Crippen LogP contribution >= 0.6 is 15.9 Å². The van der Waals surface area contributed by atoms with Crippen LogP contribution in [0.4, 0.5) is 5.69 Å². The molecule has 0 aromatic heterocycles. The van der Waals surface area contributed by atoms with Crippen LogP contribution in [-0.4, -0.2) is 41.9 Å². The molecule has 0 unspecified atom stereocenters. The third-order valence-electron chi connectivity index (χ3n) is 3.06. The summed E-state index contributed by atoms with van der Waals surface area (Å²) >= 11 is 3.35. The highest BCUT2D eigenvalue weighted by molar-refractivity contribution is 9.10. The van der Waals surface area contributed by atoms with Crippen LogP contribution in [0.15, 0.2) is 28.7 Å². The highest BCUT2D eigenvalue weighted by Gasteiger charge is 2.22. The Morgan fingerprint density at radius 2 is 1.77 bits per heavy atom. The zero-order valence-electron chi connectivity index (χ0n) is 13.7.